The van der Waals surface area contributed by atoms with Crippen molar-refractivity contribution >= 4 is 5.97 Å². The van der Waals surface area contributed by atoms with Gasteiger partial charge in [0.15, 0.2) is 11.7 Å². The maximum atomic E-state index is 12.1. The first-order chi connectivity index (χ1) is 9.12. The normalized spacial score (nSPS) is 38.8. The molecule has 0 radical (unpaired) electrons. The lowest BCUT2D eigenvalue weighted by Gasteiger charge is -2.13. The monoisotopic (exact) mass is 260 g/mol. The van der Waals surface area contributed by atoms with Crippen molar-refractivity contribution in [2.45, 2.75) is 50.9 Å². The Kier molecular flexibility index (Phi) is 2.09. The number of aryl methyl sites for hydroxylation is 1. The molecule has 2 bridgehead atoms. The minimum Gasteiger partial charge on any atom is -0.468 e. The topological polar surface area (TPSA) is 52.0 Å². The molecular formula is C15H16O4. The number of allylic oxidation sites excluding steroid dienone is 2. The van der Waals surface area contributed by atoms with Crippen LogP contribution in [-0.2, 0) is 20.7 Å². The van der Waals surface area contributed by atoms with Crippen molar-refractivity contribution in [3.63, 3.8) is 0 Å². The second-order valence-electron chi connectivity index (χ2n) is 5.78. The minimum absolute atomic E-state index is 0.123. The second-order valence-corrected chi connectivity index (χ2v) is 5.78. The Balaban J connectivity index is 1.85. The fourth-order valence-corrected chi connectivity index (χ4v) is 3.34. The van der Waals surface area contributed by atoms with E-state index < -0.39 is 5.60 Å². The quantitative estimate of drug-likeness (QED) is 0.409. The van der Waals surface area contributed by atoms with E-state index in [1.807, 2.05) is 6.92 Å². The van der Waals surface area contributed by atoms with Crippen LogP contribution in [0.2, 0.25) is 0 Å². The van der Waals surface area contributed by atoms with Crippen LogP contribution in [0.4, 0.5) is 0 Å². The van der Waals surface area contributed by atoms with Crippen molar-refractivity contribution in [1.82, 2.24) is 0 Å². The predicted molar refractivity (Wildman–Crippen MR) is 66.6 cm³/mol. The Bertz CT molecular complexity index is 597. The molecule has 0 amide bonds. The van der Waals surface area contributed by atoms with Crippen LogP contribution in [0.5, 0.6) is 0 Å². The highest BCUT2D eigenvalue weighted by atomic mass is 16.7. The number of fused-ring (bicyclic) bond motifs is 2. The number of hydrogen-bond acceptors (Lipinski definition) is 4. The molecule has 1 aromatic heterocycles. The molecule has 0 aromatic carbocycles. The van der Waals surface area contributed by atoms with Gasteiger partial charge in [-0.25, -0.2) is 4.79 Å². The molecular weight excluding hydrogens is 244 g/mol. The highest BCUT2D eigenvalue weighted by Gasteiger charge is 2.73. The van der Waals surface area contributed by atoms with Crippen molar-refractivity contribution in [2.75, 3.05) is 0 Å². The van der Waals surface area contributed by atoms with Gasteiger partial charge in [0.25, 0.3) is 0 Å². The molecule has 4 nitrogen and oxygen atoms in total. The molecule has 4 rings (SSSR count). The van der Waals surface area contributed by atoms with Crippen LogP contribution in [0.3, 0.4) is 0 Å². The summed E-state index contributed by atoms with van der Waals surface area (Å²) in [5.41, 5.74) is 2.62. The first kappa shape index (κ1) is 11.3. The number of carbonyl (C=O) groups excluding carboxylic acids is 1. The lowest BCUT2D eigenvalue weighted by Crippen LogP contribution is -2.22. The van der Waals surface area contributed by atoms with Crippen molar-refractivity contribution in [3.05, 3.63) is 34.8 Å². The highest BCUT2D eigenvalue weighted by molar-refractivity contribution is 5.87. The number of epoxide rings is 1. The molecule has 2 fully saturated rings. The number of rotatable bonds is 0. The third-order valence-corrected chi connectivity index (χ3v) is 4.43. The summed E-state index contributed by atoms with van der Waals surface area (Å²) in [4.78, 5) is 12.1. The highest BCUT2D eigenvalue weighted by Crippen LogP contribution is 2.57. The summed E-state index contributed by atoms with van der Waals surface area (Å²) < 4.78 is 16.9. The summed E-state index contributed by atoms with van der Waals surface area (Å²) in [5, 5.41) is 0. The van der Waals surface area contributed by atoms with Gasteiger partial charge in [0.2, 0.25) is 0 Å². The number of ether oxygens (including phenoxy) is 2. The Morgan fingerprint density at radius 2 is 2.21 bits per heavy atom. The van der Waals surface area contributed by atoms with Crippen LogP contribution < -0.4 is 0 Å². The molecule has 0 spiro atoms. The van der Waals surface area contributed by atoms with Crippen LogP contribution in [0, 0.1) is 6.92 Å². The molecule has 100 valence electrons. The maximum Gasteiger partial charge on any atom is 0.342 e. The van der Waals surface area contributed by atoms with Crippen molar-refractivity contribution in [3.8, 4) is 0 Å². The van der Waals surface area contributed by atoms with Gasteiger partial charge in [-0.2, -0.15) is 0 Å². The van der Waals surface area contributed by atoms with Crippen molar-refractivity contribution < 1.29 is 18.7 Å². The molecule has 3 heterocycles. The van der Waals surface area contributed by atoms with E-state index in [0.29, 0.717) is 0 Å². The van der Waals surface area contributed by atoms with E-state index in [2.05, 4.69) is 13.0 Å². The molecule has 1 aliphatic carbocycles. The number of esters is 1. The van der Waals surface area contributed by atoms with Crippen LogP contribution in [0.25, 0.3) is 0 Å². The summed E-state index contributed by atoms with van der Waals surface area (Å²) in [5.74, 6) is 0.694. The molecule has 2 saturated heterocycles. The Hall–Kier alpha value is -1.55. The zero-order valence-corrected chi connectivity index (χ0v) is 11.1. The van der Waals surface area contributed by atoms with E-state index in [1.165, 1.54) is 5.57 Å². The molecule has 0 N–H and O–H groups in total. The number of furan rings is 1. The largest absolute Gasteiger partial charge is 0.468 e. The van der Waals surface area contributed by atoms with Gasteiger partial charge in [0.1, 0.15) is 11.9 Å². The fraction of sp³-hybridized carbons (Fsp3) is 0.533. The summed E-state index contributed by atoms with van der Waals surface area (Å²) in [7, 11) is 0. The van der Waals surface area contributed by atoms with Crippen LogP contribution in [-0.4, -0.2) is 17.7 Å². The van der Waals surface area contributed by atoms with E-state index >= 15 is 0 Å². The lowest BCUT2D eigenvalue weighted by molar-refractivity contribution is -0.154. The van der Waals surface area contributed by atoms with E-state index in [9.17, 15) is 4.79 Å². The van der Waals surface area contributed by atoms with Crippen LogP contribution in [0.15, 0.2) is 22.3 Å². The van der Waals surface area contributed by atoms with Gasteiger partial charge in [-0.15, -0.1) is 0 Å². The standard InChI is InChI=1S/C15H16O4/c1-8-4-3-5-15-13(19-15)12(18-14(15)16)11-9(2)7-17-10(11)6-8/h4,7,12-13H,3,5-6H2,1-2H3/b8-4-/t12-,13+,15-/m0/s1. The Labute approximate surface area is 111 Å². The SMILES string of the molecule is C/C1=C/CC[C@]23O[C@@H]2[C@@H](OC3=O)c2c(C)coc2C1. The maximum absolute atomic E-state index is 12.1. The molecule has 3 atom stereocenters. The van der Waals surface area contributed by atoms with Gasteiger partial charge in [-0.05, 0) is 32.3 Å². The summed E-state index contributed by atoms with van der Waals surface area (Å²) in [6.07, 6.45) is 5.84. The van der Waals surface area contributed by atoms with Gasteiger partial charge in [0.05, 0.1) is 6.26 Å². The van der Waals surface area contributed by atoms with E-state index in [0.717, 1.165) is 36.1 Å². The molecule has 2 aliphatic heterocycles. The fourth-order valence-electron chi connectivity index (χ4n) is 3.34. The molecule has 1 aromatic rings. The smallest absolute Gasteiger partial charge is 0.342 e. The van der Waals surface area contributed by atoms with Gasteiger partial charge in [-0.1, -0.05) is 11.6 Å². The van der Waals surface area contributed by atoms with Gasteiger partial charge >= 0.3 is 5.97 Å². The molecule has 19 heavy (non-hydrogen) atoms. The van der Waals surface area contributed by atoms with Gasteiger partial charge in [0, 0.05) is 12.0 Å². The number of carbonyl (C=O) groups is 1. The zero-order chi connectivity index (χ0) is 13.2. The number of hydrogen-bond donors (Lipinski definition) is 0. The molecule has 4 heteroatoms. The molecule has 0 unspecified atom stereocenters. The second kappa shape index (κ2) is 3.51. The minimum atomic E-state index is -0.681. The average Bonchev–Trinajstić information content (AvgIpc) is 2.91. The van der Waals surface area contributed by atoms with Crippen molar-refractivity contribution in [1.29, 1.82) is 0 Å². The Morgan fingerprint density at radius 1 is 1.37 bits per heavy atom. The predicted octanol–water partition coefficient (Wildman–Crippen LogP) is 2.61. The lowest BCUT2D eigenvalue weighted by atomic mass is 9.91. The third-order valence-electron chi connectivity index (χ3n) is 4.43. The van der Waals surface area contributed by atoms with Gasteiger partial charge in [-0.3, -0.25) is 0 Å². The first-order valence-corrected chi connectivity index (χ1v) is 6.73. The van der Waals surface area contributed by atoms with Crippen LogP contribution >= 0.6 is 0 Å². The van der Waals surface area contributed by atoms with E-state index in [1.54, 1.807) is 6.26 Å². The van der Waals surface area contributed by atoms with Gasteiger partial charge < -0.3 is 13.9 Å². The average molecular weight is 260 g/mol. The van der Waals surface area contributed by atoms with E-state index in [-0.39, 0.29) is 18.2 Å². The zero-order valence-electron chi connectivity index (χ0n) is 11.1. The van der Waals surface area contributed by atoms with Crippen LogP contribution in [0.1, 0.15) is 42.8 Å². The molecule has 0 saturated carbocycles. The van der Waals surface area contributed by atoms with E-state index in [4.69, 9.17) is 13.9 Å². The summed E-state index contributed by atoms with van der Waals surface area (Å²) >= 11 is 0. The summed E-state index contributed by atoms with van der Waals surface area (Å²) in [6.45, 7) is 4.08. The molecule has 3 aliphatic rings. The Morgan fingerprint density at radius 3 is 3.00 bits per heavy atom. The summed E-state index contributed by atoms with van der Waals surface area (Å²) in [6, 6.07) is 0. The third kappa shape index (κ3) is 1.40. The first-order valence-electron chi connectivity index (χ1n) is 6.73. The van der Waals surface area contributed by atoms with Crippen molar-refractivity contribution in [2.24, 2.45) is 0 Å².